The molecular weight excluding hydrogens is 334 g/mol. The van der Waals surface area contributed by atoms with E-state index in [-0.39, 0.29) is 5.91 Å². The number of hydrogen-bond donors (Lipinski definition) is 2. The zero-order chi connectivity index (χ0) is 18.7. The molecule has 134 valence electrons. The number of rotatable bonds is 5. The van der Waals surface area contributed by atoms with Gasteiger partial charge in [0.05, 0.1) is 17.6 Å². The van der Waals surface area contributed by atoms with Gasteiger partial charge in [0.15, 0.2) is 0 Å². The molecule has 0 unspecified atom stereocenters. The van der Waals surface area contributed by atoms with Crippen LogP contribution in [0.1, 0.15) is 24.2 Å². The highest BCUT2D eigenvalue weighted by Crippen LogP contribution is 2.17. The lowest BCUT2D eigenvalue weighted by molar-refractivity contribution is 0.102. The van der Waals surface area contributed by atoms with Gasteiger partial charge in [-0.05, 0) is 56.3 Å². The Labute approximate surface area is 149 Å². The topological polar surface area (TPSA) is 93.2 Å². The molecule has 0 saturated carbocycles. The number of benzene rings is 2. The van der Waals surface area contributed by atoms with Crippen LogP contribution in [0, 0.1) is 0 Å². The summed E-state index contributed by atoms with van der Waals surface area (Å²) in [6.07, 6.45) is 0. The molecule has 0 atom stereocenters. The molecule has 1 amide bonds. The lowest BCUT2D eigenvalue weighted by Gasteiger charge is -2.10. The van der Waals surface area contributed by atoms with E-state index in [1.807, 2.05) is 6.92 Å². The molecule has 7 heteroatoms. The zero-order valence-electron chi connectivity index (χ0n) is 14.5. The Morgan fingerprint density at radius 3 is 2.50 bits per heavy atom. The van der Waals surface area contributed by atoms with Crippen LogP contribution >= 0.6 is 0 Å². The van der Waals surface area contributed by atoms with Gasteiger partial charge in [0.25, 0.3) is 5.91 Å². The van der Waals surface area contributed by atoms with Crippen molar-refractivity contribution >= 4 is 22.6 Å². The minimum absolute atomic E-state index is 0.314. The lowest BCUT2D eigenvalue weighted by atomic mass is 10.1. The number of carbonyl (C=O) groups is 1. The number of aromatic nitrogens is 2. The van der Waals surface area contributed by atoms with Gasteiger partial charge in [-0.15, -0.1) is 0 Å². The van der Waals surface area contributed by atoms with Gasteiger partial charge in [0, 0.05) is 17.8 Å². The summed E-state index contributed by atoms with van der Waals surface area (Å²) >= 11 is 0. The van der Waals surface area contributed by atoms with Gasteiger partial charge in [0.2, 0.25) is 0 Å². The van der Waals surface area contributed by atoms with Crippen LogP contribution in [0.3, 0.4) is 0 Å². The SMILES string of the molecule is CCOc1ccc(NC(=O)c2ccc3c(c2)[nH]c(=O)c(=O)n3CC)cc1. The summed E-state index contributed by atoms with van der Waals surface area (Å²) in [4.78, 5) is 38.6. The molecule has 3 aromatic rings. The molecule has 0 bridgehead atoms. The van der Waals surface area contributed by atoms with E-state index in [9.17, 15) is 14.4 Å². The van der Waals surface area contributed by atoms with Crippen LogP contribution in [0.2, 0.25) is 0 Å². The van der Waals surface area contributed by atoms with E-state index in [4.69, 9.17) is 4.74 Å². The number of aromatic amines is 1. The first-order valence-electron chi connectivity index (χ1n) is 8.34. The van der Waals surface area contributed by atoms with E-state index in [0.717, 1.165) is 5.75 Å². The first kappa shape index (κ1) is 17.5. The van der Waals surface area contributed by atoms with Gasteiger partial charge in [-0.3, -0.25) is 14.4 Å². The van der Waals surface area contributed by atoms with Crippen LogP contribution in [-0.2, 0) is 6.54 Å². The van der Waals surface area contributed by atoms with Crippen molar-refractivity contribution < 1.29 is 9.53 Å². The second kappa shape index (κ2) is 7.26. The van der Waals surface area contributed by atoms with Crippen molar-refractivity contribution in [2.24, 2.45) is 0 Å². The number of fused-ring (bicyclic) bond motifs is 1. The third-order valence-corrected chi connectivity index (χ3v) is 3.98. The molecule has 26 heavy (non-hydrogen) atoms. The number of nitrogens with zero attached hydrogens (tertiary/aromatic N) is 1. The predicted octanol–water partition coefficient (Wildman–Crippen LogP) is 2.36. The molecule has 2 aromatic carbocycles. The van der Waals surface area contributed by atoms with E-state index < -0.39 is 11.1 Å². The molecule has 1 heterocycles. The molecule has 0 fully saturated rings. The van der Waals surface area contributed by atoms with Crippen LogP contribution in [0.25, 0.3) is 11.0 Å². The molecule has 0 radical (unpaired) electrons. The minimum atomic E-state index is -0.705. The zero-order valence-corrected chi connectivity index (χ0v) is 14.5. The van der Waals surface area contributed by atoms with Crippen LogP contribution in [0.4, 0.5) is 5.69 Å². The van der Waals surface area contributed by atoms with E-state index in [0.29, 0.717) is 35.4 Å². The van der Waals surface area contributed by atoms with Crippen molar-refractivity contribution in [2.75, 3.05) is 11.9 Å². The molecule has 1 aromatic heterocycles. The Morgan fingerprint density at radius 1 is 1.12 bits per heavy atom. The number of aryl methyl sites for hydroxylation is 1. The van der Waals surface area contributed by atoms with E-state index in [1.54, 1.807) is 49.4 Å². The maximum Gasteiger partial charge on any atom is 0.316 e. The van der Waals surface area contributed by atoms with Gasteiger partial charge in [-0.25, -0.2) is 0 Å². The van der Waals surface area contributed by atoms with Crippen molar-refractivity contribution in [1.82, 2.24) is 9.55 Å². The summed E-state index contributed by atoms with van der Waals surface area (Å²) in [6.45, 7) is 4.63. The fourth-order valence-electron chi connectivity index (χ4n) is 2.74. The second-order valence-corrected chi connectivity index (χ2v) is 5.65. The second-order valence-electron chi connectivity index (χ2n) is 5.65. The summed E-state index contributed by atoms with van der Waals surface area (Å²) in [5, 5.41) is 2.79. The Balaban J connectivity index is 1.90. The van der Waals surface area contributed by atoms with Crippen molar-refractivity contribution in [1.29, 1.82) is 0 Å². The van der Waals surface area contributed by atoms with E-state index >= 15 is 0 Å². The number of nitrogens with one attached hydrogen (secondary N) is 2. The average Bonchev–Trinajstić information content (AvgIpc) is 2.64. The first-order chi connectivity index (χ1) is 12.5. The molecule has 0 aliphatic carbocycles. The third-order valence-electron chi connectivity index (χ3n) is 3.98. The highest BCUT2D eigenvalue weighted by atomic mass is 16.5. The summed E-state index contributed by atoms with van der Waals surface area (Å²) in [7, 11) is 0. The van der Waals surface area contributed by atoms with Crippen molar-refractivity contribution in [3.05, 3.63) is 68.7 Å². The van der Waals surface area contributed by atoms with Crippen molar-refractivity contribution in [2.45, 2.75) is 20.4 Å². The first-order valence-corrected chi connectivity index (χ1v) is 8.34. The van der Waals surface area contributed by atoms with Gasteiger partial charge >= 0.3 is 11.1 Å². The Kier molecular flexibility index (Phi) is 4.88. The monoisotopic (exact) mass is 353 g/mol. The molecular formula is C19H19N3O4. The van der Waals surface area contributed by atoms with E-state index in [1.165, 1.54) is 4.57 Å². The Morgan fingerprint density at radius 2 is 1.85 bits per heavy atom. The molecule has 2 N–H and O–H groups in total. The highest BCUT2D eigenvalue weighted by Gasteiger charge is 2.11. The van der Waals surface area contributed by atoms with Crippen LogP contribution in [-0.4, -0.2) is 22.1 Å². The number of H-pyrrole nitrogens is 1. The van der Waals surface area contributed by atoms with Gasteiger partial charge in [-0.2, -0.15) is 0 Å². The smallest absolute Gasteiger partial charge is 0.316 e. The standard InChI is InChI=1S/C19H19N3O4/c1-3-22-16-10-5-12(11-15(16)21-18(24)19(22)25)17(23)20-13-6-8-14(9-7-13)26-4-2/h5-11H,3-4H2,1-2H3,(H,20,23)(H,21,24). The Hall–Kier alpha value is -3.35. The maximum atomic E-state index is 12.5. The van der Waals surface area contributed by atoms with Crippen molar-refractivity contribution in [3.8, 4) is 5.75 Å². The molecule has 0 aliphatic rings. The molecule has 7 nitrogen and oxygen atoms in total. The van der Waals surface area contributed by atoms with Crippen LogP contribution < -0.4 is 21.2 Å². The van der Waals surface area contributed by atoms with E-state index in [2.05, 4.69) is 10.3 Å². The number of anilines is 1. The van der Waals surface area contributed by atoms with Gasteiger partial charge in [0.1, 0.15) is 5.75 Å². The normalized spacial score (nSPS) is 10.7. The summed E-state index contributed by atoms with van der Waals surface area (Å²) in [5.74, 6) is 0.414. The molecule has 3 rings (SSSR count). The van der Waals surface area contributed by atoms with Crippen molar-refractivity contribution in [3.63, 3.8) is 0 Å². The summed E-state index contributed by atoms with van der Waals surface area (Å²) in [5.41, 5.74) is 0.717. The highest BCUT2D eigenvalue weighted by molar-refractivity contribution is 6.05. The molecule has 0 saturated heterocycles. The van der Waals surface area contributed by atoms with Gasteiger partial charge in [-0.1, -0.05) is 0 Å². The largest absolute Gasteiger partial charge is 0.494 e. The Bertz CT molecular complexity index is 1060. The minimum Gasteiger partial charge on any atom is -0.494 e. The summed E-state index contributed by atoms with van der Waals surface area (Å²) in [6, 6.07) is 11.9. The molecule has 0 aliphatic heterocycles. The quantitative estimate of drug-likeness (QED) is 0.689. The lowest BCUT2D eigenvalue weighted by Crippen LogP contribution is -2.36. The van der Waals surface area contributed by atoms with Crippen LogP contribution in [0.5, 0.6) is 5.75 Å². The third kappa shape index (κ3) is 3.37. The predicted molar refractivity (Wildman–Crippen MR) is 100 cm³/mol. The fourth-order valence-corrected chi connectivity index (χ4v) is 2.74. The fraction of sp³-hybridized carbons (Fsp3) is 0.211. The van der Waals surface area contributed by atoms with Gasteiger partial charge < -0.3 is 19.6 Å². The molecule has 0 spiro atoms. The number of hydrogen-bond acceptors (Lipinski definition) is 4. The maximum absolute atomic E-state index is 12.5. The number of carbonyl (C=O) groups excluding carboxylic acids is 1. The number of amides is 1. The van der Waals surface area contributed by atoms with Crippen LogP contribution in [0.15, 0.2) is 52.1 Å². The average molecular weight is 353 g/mol. The number of ether oxygens (including phenoxy) is 1. The summed E-state index contributed by atoms with van der Waals surface area (Å²) < 4.78 is 6.74.